The highest BCUT2D eigenvalue weighted by molar-refractivity contribution is 9.10. The van der Waals surface area contributed by atoms with E-state index in [-0.39, 0.29) is 22.2 Å². The second kappa shape index (κ2) is 7.75. The lowest BCUT2D eigenvalue weighted by Crippen LogP contribution is -2.36. The third-order valence-electron chi connectivity index (χ3n) is 3.25. The monoisotopic (exact) mass is 432 g/mol. The molecule has 10 heteroatoms. The quantitative estimate of drug-likeness (QED) is 0.419. The van der Waals surface area contributed by atoms with Crippen LogP contribution >= 0.6 is 27.5 Å². The van der Waals surface area contributed by atoms with Gasteiger partial charge in [0.15, 0.2) is 11.5 Å². The van der Waals surface area contributed by atoms with Crippen LogP contribution in [-0.4, -0.2) is 48.2 Å². The Labute approximate surface area is 156 Å². The number of ether oxygens (including phenoxy) is 2. The van der Waals surface area contributed by atoms with E-state index < -0.39 is 24.5 Å². The van der Waals surface area contributed by atoms with Crippen molar-refractivity contribution >= 4 is 51.5 Å². The van der Waals surface area contributed by atoms with Crippen molar-refractivity contribution in [3.63, 3.8) is 0 Å². The molecule has 3 amide bonds. The maximum absolute atomic E-state index is 12.3. The van der Waals surface area contributed by atoms with E-state index in [2.05, 4.69) is 26.0 Å². The van der Waals surface area contributed by atoms with Crippen LogP contribution in [0, 0.1) is 0 Å². The molecule has 1 heterocycles. The number of carbonyl (C=O) groups is 3. The lowest BCUT2D eigenvalue weighted by atomic mass is 10.1. The summed E-state index contributed by atoms with van der Waals surface area (Å²) in [4.78, 5) is 36.1. The Bertz CT molecular complexity index is 780. The molecular formula is C15H14BrClN2O6. The fourth-order valence-electron chi connectivity index (χ4n) is 2.05. The number of phenolic OH excluding ortho intramolecular Hbond substituents is 1. The summed E-state index contributed by atoms with van der Waals surface area (Å²) in [7, 11) is 1.16. The molecule has 0 aromatic heterocycles. The molecule has 0 unspecified atom stereocenters. The predicted octanol–water partition coefficient (Wildman–Crippen LogP) is 2.27. The number of amides is 3. The SMILES string of the molecule is CCOc1cc(/C=C2/NC(=O)N(CC(=O)OC)C2=O)c(Br)c(Cl)c1O. The van der Waals surface area contributed by atoms with E-state index in [1.165, 1.54) is 12.1 Å². The number of nitrogens with one attached hydrogen (secondary N) is 1. The highest BCUT2D eigenvalue weighted by Gasteiger charge is 2.35. The van der Waals surface area contributed by atoms with Gasteiger partial charge < -0.3 is 19.9 Å². The lowest BCUT2D eigenvalue weighted by molar-refractivity contribution is -0.143. The molecule has 2 N–H and O–H groups in total. The van der Waals surface area contributed by atoms with Crippen molar-refractivity contribution in [2.45, 2.75) is 6.92 Å². The first-order valence-electron chi connectivity index (χ1n) is 7.05. The molecule has 0 bridgehead atoms. The maximum Gasteiger partial charge on any atom is 0.329 e. The number of esters is 1. The summed E-state index contributed by atoms with van der Waals surface area (Å²) in [6.07, 6.45) is 1.36. The number of imide groups is 1. The molecule has 1 aliphatic rings. The molecule has 8 nitrogen and oxygen atoms in total. The molecule has 0 radical (unpaired) electrons. The van der Waals surface area contributed by atoms with Gasteiger partial charge in [0, 0.05) is 4.47 Å². The number of methoxy groups -OCH3 is 1. The van der Waals surface area contributed by atoms with E-state index in [0.29, 0.717) is 16.6 Å². The fraction of sp³-hybridized carbons (Fsp3) is 0.267. The summed E-state index contributed by atoms with van der Waals surface area (Å²) in [5.74, 6) is -1.53. The standard InChI is InChI=1S/C15H14BrClN2O6/c1-3-25-9-5-7(11(16)12(17)13(9)21)4-8-14(22)19(15(23)18-8)6-10(20)24-2/h4-5,21H,3,6H2,1-2H3,(H,18,23)/b8-4+. The first-order valence-corrected chi connectivity index (χ1v) is 8.22. The highest BCUT2D eigenvalue weighted by atomic mass is 79.9. The normalized spacial score (nSPS) is 15.5. The Hall–Kier alpha value is -2.26. The van der Waals surface area contributed by atoms with Gasteiger partial charge in [-0.2, -0.15) is 0 Å². The number of carbonyl (C=O) groups excluding carboxylic acids is 3. The van der Waals surface area contributed by atoms with Gasteiger partial charge in [0.05, 0.1) is 13.7 Å². The average molecular weight is 434 g/mol. The third-order valence-corrected chi connectivity index (χ3v) is 4.70. The summed E-state index contributed by atoms with van der Waals surface area (Å²) >= 11 is 9.26. The Kier molecular flexibility index (Phi) is 5.91. The van der Waals surface area contributed by atoms with Gasteiger partial charge >= 0.3 is 12.0 Å². The number of hydrogen-bond donors (Lipinski definition) is 2. The van der Waals surface area contributed by atoms with Crippen LogP contribution in [0.15, 0.2) is 16.2 Å². The van der Waals surface area contributed by atoms with Crippen LogP contribution in [0.5, 0.6) is 11.5 Å². The molecule has 134 valence electrons. The zero-order chi connectivity index (χ0) is 18.7. The molecule has 2 rings (SSSR count). The molecule has 1 aromatic carbocycles. The fourth-order valence-corrected chi connectivity index (χ4v) is 2.67. The van der Waals surface area contributed by atoms with Crippen LogP contribution in [0.25, 0.3) is 6.08 Å². The number of urea groups is 1. The second-order valence-electron chi connectivity index (χ2n) is 4.83. The number of halogens is 2. The summed E-state index contributed by atoms with van der Waals surface area (Å²) in [5.41, 5.74) is 0.341. The van der Waals surface area contributed by atoms with Crippen LogP contribution in [0.2, 0.25) is 5.02 Å². The number of nitrogens with zero attached hydrogens (tertiary/aromatic N) is 1. The van der Waals surface area contributed by atoms with Crippen molar-refractivity contribution in [1.82, 2.24) is 10.2 Å². The minimum absolute atomic E-state index is 0.000916. The topological polar surface area (TPSA) is 105 Å². The lowest BCUT2D eigenvalue weighted by Gasteiger charge is -2.11. The molecule has 0 atom stereocenters. The van der Waals surface area contributed by atoms with E-state index >= 15 is 0 Å². The molecule has 1 fully saturated rings. The summed E-state index contributed by atoms with van der Waals surface area (Å²) in [5, 5.41) is 12.3. The van der Waals surface area contributed by atoms with Crippen molar-refractivity contribution in [2.75, 3.05) is 20.3 Å². The molecule has 0 saturated carbocycles. The smallest absolute Gasteiger partial charge is 0.329 e. The summed E-state index contributed by atoms with van der Waals surface area (Å²) in [6.45, 7) is 1.53. The Morgan fingerprint density at radius 1 is 1.48 bits per heavy atom. The zero-order valence-corrected chi connectivity index (χ0v) is 15.6. The molecule has 1 aromatic rings. The zero-order valence-electron chi connectivity index (χ0n) is 13.3. The van der Waals surface area contributed by atoms with Crippen LogP contribution in [0.3, 0.4) is 0 Å². The van der Waals surface area contributed by atoms with Crippen LogP contribution in [0.1, 0.15) is 12.5 Å². The number of phenols is 1. The number of hydrogen-bond acceptors (Lipinski definition) is 6. The average Bonchev–Trinajstić information content (AvgIpc) is 2.84. The van der Waals surface area contributed by atoms with Crippen molar-refractivity contribution in [1.29, 1.82) is 0 Å². The summed E-state index contributed by atoms with van der Waals surface area (Å²) in [6, 6.07) is 0.720. The Balaban J connectivity index is 2.39. The second-order valence-corrected chi connectivity index (χ2v) is 6.00. The van der Waals surface area contributed by atoms with Gasteiger partial charge in [0.2, 0.25) is 0 Å². The first-order chi connectivity index (χ1) is 11.8. The van der Waals surface area contributed by atoms with Crippen LogP contribution in [-0.2, 0) is 14.3 Å². The van der Waals surface area contributed by atoms with Crippen LogP contribution in [0.4, 0.5) is 4.79 Å². The minimum atomic E-state index is -0.743. The molecule has 1 aliphatic heterocycles. The van der Waals surface area contributed by atoms with Gasteiger partial charge in [-0.1, -0.05) is 11.6 Å². The molecule has 0 spiro atoms. The van der Waals surface area contributed by atoms with E-state index in [1.54, 1.807) is 6.92 Å². The minimum Gasteiger partial charge on any atom is -0.503 e. The third kappa shape index (κ3) is 3.88. The predicted molar refractivity (Wildman–Crippen MR) is 92.2 cm³/mol. The van der Waals surface area contributed by atoms with E-state index in [4.69, 9.17) is 16.3 Å². The van der Waals surface area contributed by atoms with Crippen molar-refractivity contribution in [3.8, 4) is 11.5 Å². The summed E-state index contributed by atoms with van der Waals surface area (Å²) < 4.78 is 10.1. The Morgan fingerprint density at radius 2 is 2.16 bits per heavy atom. The van der Waals surface area contributed by atoms with E-state index in [1.807, 2.05) is 0 Å². The molecular weight excluding hydrogens is 420 g/mol. The largest absolute Gasteiger partial charge is 0.503 e. The molecule has 0 aliphatic carbocycles. The number of rotatable bonds is 5. The van der Waals surface area contributed by atoms with Gasteiger partial charge in [0.25, 0.3) is 5.91 Å². The van der Waals surface area contributed by atoms with Gasteiger partial charge in [-0.05, 0) is 40.6 Å². The van der Waals surface area contributed by atoms with Gasteiger partial charge in [-0.3, -0.25) is 9.59 Å². The number of benzene rings is 1. The van der Waals surface area contributed by atoms with Gasteiger partial charge in [-0.15, -0.1) is 0 Å². The van der Waals surface area contributed by atoms with E-state index in [9.17, 15) is 19.5 Å². The van der Waals surface area contributed by atoms with Gasteiger partial charge in [0.1, 0.15) is 17.3 Å². The highest BCUT2D eigenvalue weighted by Crippen LogP contribution is 2.42. The number of aromatic hydroxyl groups is 1. The van der Waals surface area contributed by atoms with Crippen molar-refractivity contribution < 1.29 is 29.0 Å². The van der Waals surface area contributed by atoms with Gasteiger partial charge in [-0.25, -0.2) is 9.69 Å². The van der Waals surface area contributed by atoms with Crippen LogP contribution < -0.4 is 10.1 Å². The first kappa shape index (κ1) is 19.1. The van der Waals surface area contributed by atoms with Crippen molar-refractivity contribution in [3.05, 3.63) is 26.8 Å². The van der Waals surface area contributed by atoms with Crippen molar-refractivity contribution in [2.24, 2.45) is 0 Å². The Morgan fingerprint density at radius 3 is 2.76 bits per heavy atom. The van der Waals surface area contributed by atoms with E-state index in [0.717, 1.165) is 12.0 Å². The molecule has 25 heavy (non-hydrogen) atoms. The molecule has 1 saturated heterocycles. The maximum atomic E-state index is 12.3.